The average molecular weight is 547 g/mol. The van der Waals surface area contributed by atoms with Gasteiger partial charge in [-0.1, -0.05) is 48.2 Å². The molecule has 7 nitrogen and oxygen atoms in total. The summed E-state index contributed by atoms with van der Waals surface area (Å²) in [6.07, 6.45) is 4.64. The molecule has 39 heavy (non-hydrogen) atoms. The van der Waals surface area contributed by atoms with Crippen molar-refractivity contribution in [2.45, 2.75) is 70.4 Å². The normalized spacial score (nSPS) is 20.6. The molecule has 1 unspecified atom stereocenters. The summed E-state index contributed by atoms with van der Waals surface area (Å²) in [6, 6.07) is 13.0. The van der Waals surface area contributed by atoms with Crippen molar-refractivity contribution in [1.82, 2.24) is 14.9 Å². The fraction of sp³-hybridized carbons (Fsp3) is 0.516. The molecule has 1 aromatic heterocycles. The first-order valence-corrected chi connectivity index (χ1v) is 15.1. The van der Waals surface area contributed by atoms with Crippen molar-refractivity contribution < 1.29 is 14.3 Å². The van der Waals surface area contributed by atoms with Crippen LogP contribution in [0.15, 0.2) is 41.6 Å². The molecule has 3 aliphatic rings. The van der Waals surface area contributed by atoms with Gasteiger partial charge in [-0.25, -0.2) is 14.8 Å². The van der Waals surface area contributed by atoms with E-state index in [2.05, 4.69) is 48.2 Å². The van der Waals surface area contributed by atoms with Crippen LogP contribution in [0, 0.1) is 12.3 Å². The van der Waals surface area contributed by atoms with Gasteiger partial charge in [-0.05, 0) is 68.7 Å². The number of benzene rings is 2. The summed E-state index contributed by atoms with van der Waals surface area (Å²) in [6.45, 7) is 11.8. The number of fused-ring (bicyclic) bond motifs is 2. The van der Waals surface area contributed by atoms with E-state index in [-0.39, 0.29) is 17.6 Å². The lowest BCUT2D eigenvalue weighted by Gasteiger charge is -2.53. The van der Waals surface area contributed by atoms with Crippen LogP contribution >= 0.6 is 11.8 Å². The van der Waals surface area contributed by atoms with Gasteiger partial charge in [-0.2, -0.15) is 0 Å². The molecule has 1 spiro atoms. The van der Waals surface area contributed by atoms with Crippen LogP contribution in [-0.2, 0) is 22.5 Å². The minimum atomic E-state index is -0.460. The van der Waals surface area contributed by atoms with E-state index in [0.29, 0.717) is 6.61 Å². The molecule has 206 valence electrons. The average Bonchev–Trinajstić information content (AvgIpc) is 2.89. The Labute approximate surface area is 235 Å². The number of amides is 1. The van der Waals surface area contributed by atoms with Crippen LogP contribution in [0.1, 0.15) is 62.1 Å². The number of thioether (sulfide) groups is 1. The number of aryl methyl sites for hydroxylation is 1. The van der Waals surface area contributed by atoms with E-state index in [9.17, 15) is 4.79 Å². The molecular weight excluding hydrogens is 508 g/mol. The predicted octanol–water partition coefficient (Wildman–Crippen LogP) is 6.31. The van der Waals surface area contributed by atoms with Gasteiger partial charge in [0.2, 0.25) is 0 Å². The molecule has 1 amide bonds. The Morgan fingerprint density at radius 2 is 1.82 bits per heavy atom. The number of hydrogen-bond acceptors (Lipinski definition) is 7. The minimum absolute atomic E-state index is 0.0294. The summed E-state index contributed by atoms with van der Waals surface area (Å²) in [7, 11) is 0. The fourth-order valence-electron chi connectivity index (χ4n) is 6.34. The number of nitrogens with zero attached hydrogens (tertiary/aromatic N) is 4. The standard InChI is InChI=1S/C31H38N4O3S/c1-20-8-6-9-21-10-7-11-22(26(20)21)25-16-24-23(17-37-25)27(33-28(32-24)39-5)34-14-12-31(13-15-34)18-35(19-31)29(36)38-30(2,3)4/h6-11,25H,12-19H2,1-5H3. The van der Waals surface area contributed by atoms with Gasteiger partial charge in [0.15, 0.2) is 5.16 Å². The molecule has 2 saturated heterocycles. The molecule has 1 atom stereocenters. The van der Waals surface area contributed by atoms with Gasteiger partial charge in [-0.3, -0.25) is 0 Å². The third-order valence-electron chi connectivity index (χ3n) is 8.36. The molecule has 8 heteroatoms. The first-order chi connectivity index (χ1) is 18.6. The van der Waals surface area contributed by atoms with Crippen LogP contribution < -0.4 is 4.90 Å². The maximum absolute atomic E-state index is 12.5. The zero-order chi connectivity index (χ0) is 27.4. The summed E-state index contributed by atoms with van der Waals surface area (Å²) in [5, 5.41) is 3.35. The number of likely N-dealkylation sites (tertiary alicyclic amines) is 1. The number of ether oxygens (including phenoxy) is 2. The van der Waals surface area contributed by atoms with Crippen LogP contribution in [-0.4, -0.2) is 59.0 Å². The van der Waals surface area contributed by atoms with Crippen molar-refractivity contribution in [2.24, 2.45) is 5.41 Å². The number of carbonyl (C=O) groups is 1. The summed E-state index contributed by atoms with van der Waals surface area (Å²) in [5.74, 6) is 1.02. The zero-order valence-corrected chi connectivity index (χ0v) is 24.4. The van der Waals surface area contributed by atoms with E-state index >= 15 is 0 Å². The van der Waals surface area contributed by atoms with E-state index < -0.39 is 5.60 Å². The lowest BCUT2D eigenvalue weighted by Crippen LogP contribution is -2.62. The lowest BCUT2D eigenvalue weighted by molar-refractivity contribution is -0.0435. The summed E-state index contributed by atoms with van der Waals surface area (Å²) in [5.41, 5.74) is 4.47. The monoisotopic (exact) mass is 546 g/mol. The van der Waals surface area contributed by atoms with E-state index in [1.165, 1.54) is 21.9 Å². The highest BCUT2D eigenvalue weighted by Crippen LogP contribution is 2.44. The largest absolute Gasteiger partial charge is 0.444 e. The van der Waals surface area contributed by atoms with Gasteiger partial charge in [0.05, 0.1) is 18.4 Å². The van der Waals surface area contributed by atoms with Crippen molar-refractivity contribution in [1.29, 1.82) is 0 Å². The molecule has 2 aromatic carbocycles. The van der Waals surface area contributed by atoms with E-state index in [1.54, 1.807) is 11.8 Å². The number of carbonyl (C=O) groups excluding carboxylic acids is 1. The summed E-state index contributed by atoms with van der Waals surface area (Å²) < 4.78 is 12.1. The molecule has 4 heterocycles. The summed E-state index contributed by atoms with van der Waals surface area (Å²) in [4.78, 5) is 26.7. The van der Waals surface area contributed by atoms with Crippen LogP contribution in [0.25, 0.3) is 10.8 Å². The third-order valence-corrected chi connectivity index (χ3v) is 8.91. The lowest BCUT2D eigenvalue weighted by atomic mass is 9.72. The highest BCUT2D eigenvalue weighted by Gasteiger charge is 2.48. The first-order valence-electron chi connectivity index (χ1n) is 13.9. The predicted molar refractivity (Wildman–Crippen MR) is 155 cm³/mol. The third kappa shape index (κ3) is 5.09. The molecule has 3 aromatic rings. The van der Waals surface area contributed by atoms with Crippen molar-refractivity contribution in [2.75, 3.05) is 37.3 Å². The number of piperidine rings is 1. The number of anilines is 1. The number of hydrogen-bond donors (Lipinski definition) is 0. The fourth-order valence-corrected chi connectivity index (χ4v) is 6.72. The smallest absolute Gasteiger partial charge is 0.410 e. The van der Waals surface area contributed by atoms with Crippen molar-refractivity contribution in [3.05, 3.63) is 58.8 Å². The second-order valence-electron chi connectivity index (χ2n) is 12.3. The molecule has 0 bridgehead atoms. The Morgan fingerprint density at radius 3 is 2.51 bits per heavy atom. The number of aromatic nitrogens is 2. The van der Waals surface area contributed by atoms with Gasteiger partial charge in [0, 0.05) is 43.6 Å². The molecule has 0 aliphatic carbocycles. The quantitative estimate of drug-likeness (QED) is 0.282. The maximum Gasteiger partial charge on any atom is 0.410 e. The minimum Gasteiger partial charge on any atom is -0.444 e. The van der Waals surface area contributed by atoms with Crippen LogP contribution in [0.4, 0.5) is 10.6 Å². The van der Waals surface area contributed by atoms with E-state index in [0.717, 1.165) is 67.7 Å². The Morgan fingerprint density at radius 1 is 1.10 bits per heavy atom. The second-order valence-corrected chi connectivity index (χ2v) is 13.1. The SMILES string of the molecule is CSc1nc2c(c(N3CCC4(CC3)CN(C(=O)OC(C)(C)C)C4)n1)COC(c1cccc3cccc(C)c13)C2. The second kappa shape index (κ2) is 9.97. The molecule has 0 N–H and O–H groups in total. The van der Waals surface area contributed by atoms with Gasteiger partial charge in [0.25, 0.3) is 0 Å². The molecule has 2 fully saturated rings. The van der Waals surface area contributed by atoms with Crippen LogP contribution in [0.3, 0.4) is 0 Å². The van der Waals surface area contributed by atoms with Crippen LogP contribution in [0.5, 0.6) is 0 Å². The maximum atomic E-state index is 12.5. The van der Waals surface area contributed by atoms with Crippen LogP contribution in [0.2, 0.25) is 0 Å². The highest BCUT2D eigenvalue weighted by atomic mass is 32.2. The molecule has 3 aliphatic heterocycles. The zero-order valence-electron chi connectivity index (χ0n) is 23.6. The Bertz CT molecular complexity index is 1400. The molecule has 0 saturated carbocycles. The summed E-state index contributed by atoms with van der Waals surface area (Å²) >= 11 is 1.60. The van der Waals surface area contributed by atoms with E-state index in [1.807, 2.05) is 31.9 Å². The molecule has 6 rings (SSSR count). The van der Waals surface area contributed by atoms with Crippen molar-refractivity contribution in [3.8, 4) is 0 Å². The Balaban J connectivity index is 1.19. The Kier molecular flexibility index (Phi) is 6.74. The van der Waals surface area contributed by atoms with Crippen molar-refractivity contribution >= 4 is 34.4 Å². The Hall–Kier alpha value is -2.84. The van der Waals surface area contributed by atoms with Gasteiger partial charge in [0.1, 0.15) is 11.4 Å². The number of rotatable bonds is 3. The van der Waals surface area contributed by atoms with Gasteiger partial charge in [-0.15, -0.1) is 0 Å². The van der Waals surface area contributed by atoms with Crippen molar-refractivity contribution in [3.63, 3.8) is 0 Å². The highest BCUT2D eigenvalue weighted by molar-refractivity contribution is 7.98. The van der Waals surface area contributed by atoms with Gasteiger partial charge < -0.3 is 19.3 Å². The van der Waals surface area contributed by atoms with E-state index in [4.69, 9.17) is 19.4 Å². The first kappa shape index (κ1) is 26.4. The molecule has 0 radical (unpaired) electrons. The van der Waals surface area contributed by atoms with Gasteiger partial charge >= 0.3 is 6.09 Å². The molecular formula is C31H38N4O3S. The topological polar surface area (TPSA) is 67.8 Å².